The molecule has 38 heavy (non-hydrogen) atoms. The molecular formula is C28H34Br2O8. The summed E-state index contributed by atoms with van der Waals surface area (Å²) < 4.78 is 17.1. The van der Waals surface area contributed by atoms with E-state index in [1.165, 1.54) is 0 Å². The average molecular weight is 658 g/mol. The third-order valence-electron chi connectivity index (χ3n) is 5.73. The molecule has 0 aromatic heterocycles. The van der Waals surface area contributed by atoms with Gasteiger partial charge in [0.15, 0.2) is 0 Å². The van der Waals surface area contributed by atoms with Crippen molar-refractivity contribution in [3.8, 4) is 11.5 Å². The lowest BCUT2D eigenvalue weighted by Gasteiger charge is -2.26. The molecule has 8 nitrogen and oxygen atoms in total. The number of ketones is 2. The summed E-state index contributed by atoms with van der Waals surface area (Å²) in [5.41, 5.74) is 0.532. The van der Waals surface area contributed by atoms with Crippen molar-refractivity contribution >= 4 is 55.4 Å². The standard InChI is InChI=1S/C15H19BrO4.C13H15BrO4/c1-5-20-14(18)12(17)9-15(2,3)11-8-10(16)6-7-13(11)19-4;1-13(2,7-10(15)12(16)17)9-6-8(14)4-5-11(9)18-3/h6-8H,5,9H2,1-4H3;4-6H,7H2,1-3H3,(H,16,17). The highest BCUT2D eigenvalue weighted by molar-refractivity contribution is 9.10. The maximum Gasteiger partial charge on any atom is 0.374 e. The topological polar surface area (TPSA) is 116 Å². The van der Waals surface area contributed by atoms with Crippen LogP contribution in [0.3, 0.4) is 0 Å². The Hall–Kier alpha value is -2.72. The van der Waals surface area contributed by atoms with Gasteiger partial charge in [-0.25, -0.2) is 9.59 Å². The van der Waals surface area contributed by atoms with Crippen LogP contribution in [0.5, 0.6) is 11.5 Å². The molecule has 0 aliphatic heterocycles. The first-order valence-corrected chi connectivity index (χ1v) is 13.3. The highest BCUT2D eigenvalue weighted by Crippen LogP contribution is 2.37. The van der Waals surface area contributed by atoms with E-state index >= 15 is 0 Å². The zero-order chi connectivity index (χ0) is 29.3. The van der Waals surface area contributed by atoms with Crippen LogP contribution < -0.4 is 9.47 Å². The molecule has 208 valence electrons. The molecule has 2 aromatic carbocycles. The van der Waals surface area contributed by atoms with E-state index in [2.05, 4.69) is 31.9 Å². The minimum atomic E-state index is -1.41. The van der Waals surface area contributed by atoms with Crippen LogP contribution in [0, 0.1) is 0 Å². The quantitative estimate of drug-likeness (QED) is 0.230. The van der Waals surface area contributed by atoms with E-state index in [1.54, 1.807) is 27.2 Å². The Morgan fingerprint density at radius 1 is 0.763 bits per heavy atom. The van der Waals surface area contributed by atoms with Crippen LogP contribution in [-0.4, -0.2) is 49.4 Å². The number of hydrogen-bond acceptors (Lipinski definition) is 7. The Morgan fingerprint density at radius 3 is 1.50 bits per heavy atom. The first-order chi connectivity index (χ1) is 17.6. The fourth-order valence-electron chi connectivity index (χ4n) is 3.77. The number of aliphatic carboxylic acids is 1. The number of benzene rings is 2. The molecule has 0 bridgehead atoms. The first kappa shape index (κ1) is 33.3. The summed E-state index contributed by atoms with van der Waals surface area (Å²) in [6, 6.07) is 11.1. The Morgan fingerprint density at radius 2 is 1.16 bits per heavy atom. The molecule has 0 saturated carbocycles. The molecule has 0 aliphatic carbocycles. The maximum absolute atomic E-state index is 11.9. The van der Waals surface area contributed by atoms with Gasteiger partial charge in [-0.1, -0.05) is 59.6 Å². The number of carbonyl (C=O) groups is 4. The normalized spacial score (nSPS) is 11.1. The second-order valence-corrected chi connectivity index (χ2v) is 11.5. The molecule has 0 aliphatic rings. The molecule has 0 heterocycles. The van der Waals surface area contributed by atoms with Crippen molar-refractivity contribution in [1.82, 2.24) is 0 Å². The van der Waals surface area contributed by atoms with Gasteiger partial charge >= 0.3 is 11.9 Å². The van der Waals surface area contributed by atoms with Crippen molar-refractivity contribution in [2.75, 3.05) is 20.8 Å². The fraction of sp³-hybridized carbons (Fsp3) is 0.429. The summed E-state index contributed by atoms with van der Waals surface area (Å²) in [6.45, 7) is 9.30. The summed E-state index contributed by atoms with van der Waals surface area (Å²) in [6.07, 6.45) is -0.00616. The van der Waals surface area contributed by atoms with Crippen molar-refractivity contribution < 1.29 is 38.5 Å². The number of carboxylic acid groups (broad SMARTS) is 1. The smallest absolute Gasteiger partial charge is 0.374 e. The predicted octanol–water partition coefficient (Wildman–Crippen LogP) is 6.04. The molecule has 0 saturated heterocycles. The van der Waals surface area contributed by atoms with Gasteiger partial charge in [-0.2, -0.15) is 0 Å². The van der Waals surface area contributed by atoms with E-state index in [9.17, 15) is 19.2 Å². The summed E-state index contributed by atoms with van der Waals surface area (Å²) >= 11 is 6.76. The molecule has 0 fully saturated rings. The summed E-state index contributed by atoms with van der Waals surface area (Å²) in [7, 11) is 3.12. The second-order valence-electron chi connectivity index (χ2n) is 9.68. The van der Waals surface area contributed by atoms with Gasteiger partial charge in [0.1, 0.15) is 11.5 Å². The largest absolute Gasteiger partial charge is 0.496 e. The van der Waals surface area contributed by atoms with E-state index in [0.717, 1.165) is 20.1 Å². The number of Topliss-reactive ketones (excluding diaryl/α,β-unsaturated/α-hetero) is 2. The van der Waals surface area contributed by atoms with E-state index in [1.807, 2.05) is 58.0 Å². The van der Waals surface area contributed by atoms with Gasteiger partial charge < -0.3 is 19.3 Å². The lowest BCUT2D eigenvalue weighted by atomic mass is 9.79. The first-order valence-electron chi connectivity index (χ1n) is 11.7. The van der Waals surface area contributed by atoms with Crippen molar-refractivity contribution in [3.05, 3.63) is 56.5 Å². The van der Waals surface area contributed by atoms with Crippen LogP contribution in [-0.2, 0) is 34.7 Å². The third-order valence-corrected chi connectivity index (χ3v) is 6.71. The summed E-state index contributed by atoms with van der Waals surface area (Å²) in [5, 5.41) is 8.68. The Kier molecular flexibility index (Phi) is 12.7. The third kappa shape index (κ3) is 9.54. The van der Waals surface area contributed by atoms with E-state index in [4.69, 9.17) is 19.3 Å². The number of esters is 1. The molecule has 0 radical (unpaired) electrons. The van der Waals surface area contributed by atoms with E-state index < -0.39 is 34.3 Å². The second kappa shape index (κ2) is 14.4. The monoisotopic (exact) mass is 656 g/mol. The highest BCUT2D eigenvalue weighted by atomic mass is 79.9. The summed E-state index contributed by atoms with van der Waals surface area (Å²) in [4.78, 5) is 45.3. The lowest BCUT2D eigenvalue weighted by Crippen LogP contribution is -2.28. The number of halogens is 2. The van der Waals surface area contributed by atoms with Gasteiger partial charge in [0.05, 0.1) is 20.8 Å². The van der Waals surface area contributed by atoms with Crippen molar-refractivity contribution in [2.45, 2.75) is 58.3 Å². The van der Waals surface area contributed by atoms with Gasteiger partial charge in [0.2, 0.25) is 11.6 Å². The van der Waals surface area contributed by atoms with Crippen molar-refractivity contribution in [2.24, 2.45) is 0 Å². The number of ether oxygens (including phenoxy) is 3. The Balaban J connectivity index is 0.000000382. The van der Waals surface area contributed by atoms with Gasteiger partial charge in [-0.15, -0.1) is 0 Å². The minimum Gasteiger partial charge on any atom is -0.496 e. The molecule has 2 aromatic rings. The Bertz CT molecular complexity index is 1170. The van der Waals surface area contributed by atoms with Crippen LogP contribution in [0.15, 0.2) is 45.3 Å². The maximum atomic E-state index is 11.9. The van der Waals surface area contributed by atoms with E-state index in [0.29, 0.717) is 11.5 Å². The zero-order valence-corrected chi connectivity index (χ0v) is 25.8. The molecule has 10 heteroatoms. The van der Waals surface area contributed by atoms with Gasteiger partial charge in [0.25, 0.3) is 0 Å². The van der Waals surface area contributed by atoms with E-state index in [-0.39, 0.29) is 19.4 Å². The van der Waals surface area contributed by atoms with Crippen LogP contribution in [0.25, 0.3) is 0 Å². The SMILES string of the molecule is CCOC(=O)C(=O)CC(C)(C)c1cc(Br)ccc1OC.COc1ccc(Br)cc1C(C)(C)CC(=O)C(=O)O. The molecule has 0 unspecified atom stereocenters. The molecule has 2 rings (SSSR count). The van der Waals surface area contributed by atoms with Crippen molar-refractivity contribution in [1.29, 1.82) is 0 Å². The zero-order valence-electron chi connectivity index (χ0n) is 22.6. The molecular weight excluding hydrogens is 624 g/mol. The molecule has 0 atom stereocenters. The fourth-order valence-corrected chi connectivity index (χ4v) is 4.49. The number of hydrogen-bond donors (Lipinski definition) is 1. The molecule has 0 amide bonds. The van der Waals surface area contributed by atoms with Gasteiger partial charge in [-0.3, -0.25) is 9.59 Å². The number of rotatable bonds is 11. The lowest BCUT2D eigenvalue weighted by molar-refractivity contribution is -0.154. The molecule has 1 N–H and O–H groups in total. The van der Waals surface area contributed by atoms with Crippen molar-refractivity contribution in [3.63, 3.8) is 0 Å². The van der Waals surface area contributed by atoms with Gasteiger partial charge in [0, 0.05) is 43.7 Å². The minimum absolute atomic E-state index is 0.0681. The van der Waals surface area contributed by atoms with Gasteiger partial charge in [-0.05, 0) is 43.3 Å². The summed E-state index contributed by atoms with van der Waals surface area (Å²) in [5.74, 6) is -2.19. The Labute approximate surface area is 240 Å². The van der Waals surface area contributed by atoms with Crippen LogP contribution in [0.1, 0.15) is 58.6 Å². The number of methoxy groups -OCH3 is 2. The van der Waals surface area contributed by atoms with Crippen LogP contribution in [0.4, 0.5) is 0 Å². The van der Waals surface area contributed by atoms with Crippen LogP contribution >= 0.6 is 31.9 Å². The molecule has 0 spiro atoms. The predicted molar refractivity (Wildman–Crippen MR) is 151 cm³/mol. The number of carboxylic acids is 1. The highest BCUT2D eigenvalue weighted by Gasteiger charge is 2.31. The number of carbonyl (C=O) groups excluding carboxylic acids is 3. The average Bonchev–Trinajstić information content (AvgIpc) is 2.84. The van der Waals surface area contributed by atoms with Crippen LogP contribution in [0.2, 0.25) is 0 Å².